The van der Waals surface area contributed by atoms with Crippen molar-refractivity contribution in [2.45, 2.75) is 38.6 Å². The van der Waals surface area contributed by atoms with Gasteiger partial charge in [-0.2, -0.15) is 0 Å². The highest BCUT2D eigenvalue weighted by molar-refractivity contribution is 5.92. The largest absolute Gasteiger partial charge is 0.502 e. The number of methoxy groups -OCH3 is 2. The van der Waals surface area contributed by atoms with Crippen LogP contribution >= 0.6 is 12.4 Å². The number of ether oxygens (including phenoxy) is 2. The van der Waals surface area contributed by atoms with Crippen molar-refractivity contribution in [1.82, 2.24) is 9.80 Å². The minimum atomic E-state index is -0.0441. The number of carbonyl (C=O) groups is 1. The number of aromatic hydroxyl groups is 1. The second-order valence-corrected chi connectivity index (χ2v) is 7.86. The van der Waals surface area contributed by atoms with Gasteiger partial charge in [0.15, 0.2) is 11.5 Å². The number of phenolic OH excluding ortho intramolecular Hbond substituents is 1. The molecule has 1 aromatic carbocycles. The van der Waals surface area contributed by atoms with E-state index in [2.05, 4.69) is 11.8 Å². The Morgan fingerprint density at radius 2 is 1.66 bits per heavy atom. The summed E-state index contributed by atoms with van der Waals surface area (Å²) < 4.78 is 10.4. The molecule has 0 aliphatic heterocycles. The molecule has 0 atom stereocenters. The van der Waals surface area contributed by atoms with Crippen LogP contribution in [0.2, 0.25) is 0 Å². The molecule has 0 spiro atoms. The number of phenols is 1. The Labute approximate surface area is 180 Å². The fourth-order valence-electron chi connectivity index (χ4n) is 3.61. The van der Waals surface area contributed by atoms with Crippen LogP contribution < -0.4 is 9.47 Å². The first-order chi connectivity index (χ1) is 13.3. The zero-order valence-corrected chi connectivity index (χ0v) is 19.0. The Morgan fingerprint density at radius 3 is 2.14 bits per heavy atom. The molecule has 0 saturated heterocycles. The van der Waals surface area contributed by atoms with Crippen molar-refractivity contribution >= 4 is 24.4 Å². The van der Waals surface area contributed by atoms with E-state index in [1.54, 1.807) is 24.3 Å². The molecule has 0 radical (unpaired) electrons. The molecule has 164 valence electrons. The molecule has 1 N–H and O–H groups in total. The summed E-state index contributed by atoms with van der Waals surface area (Å²) >= 11 is 0. The summed E-state index contributed by atoms with van der Waals surface area (Å²) in [6.45, 7) is 3.84. The topological polar surface area (TPSA) is 62.2 Å². The Bertz CT molecular complexity index is 660. The summed E-state index contributed by atoms with van der Waals surface area (Å²) in [5, 5.41) is 10.0. The van der Waals surface area contributed by atoms with E-state index in [0.717, 1.165) is 37.4 Å². The van der Waals surface area contributed by atoms with E-state index in [1.165, 1.54) is 27.1 Å². The number of carbonyl (C=O) groups excluding carboxylic acids is 1. The molecule has 1 fully saturated rings. The van der Waals surface area contributed by atoms with Crippen LogP contribution in [-0.4, -0.2) is 68.3 Å². The molecule has 1 aliphatic carbocycles. The maximum absolute atomic E-state index is 13.0. The fraction of sp³-hybridized carbons (Fsp3) is 0.591. The first-order valence-corrected chi connectivity index (χ1v) is 9.94. The molecule has 7 heteroatoms. The Balaban J connectivity index is 0.00000420. The molecule has 0 unspecified atom stereocenters. The Morgan fingerprint density at radius 1 is 1.10 bits per heavy atom. The van der Waals surface area contributed by atoms with Crippen molar-refractivity contribution in [3.05, 3.63) is 23.8 Å². The van der Waals surface area contributed by atoms with Gasteiger partial charge in [0.2, 0.25) is 11.7 Å². The van der Waals surface area contributed by atoms with Crippen molar-refractivity contribution in [3.63, 3.8) is 0 Å². The van der Waals surface area contributed by atoms with Gasteiger partial charge in [0.1, 0.15) is 0 Å². The molecule has 1 aliphatic rings. The number of amides is 1. The summed E-state index contributed by atoms with van der Waals surface area (Å²) in [6.07, 6.45) is 7.84. The number of likely N-dealkylation sites (N-methyl/N-ethyl adjacent to an activating group) is 1. The normalized spacial score (nSPS) is 19.1. The van der Waals surface area contributed by atoms with E-state index in [-0.39, 0.29) is 24.1 Å². The van der Waals surface area contributed by atoms with Crippen molar-refractivity contribution in [2.75, 3.05) is 41.4 Å². The van der Waals surface area contributed by atoms with Gasteiger partial charge in [-0.25, -0.2) is 0 Å². The SMILES string of the molecule is COc1cc(C=CC(=O)N(CCN(C)C)C2CCC(C)CC2)cc(OC)c1O.Cl. The van der Waals surface area contributed by atoms with Crippen molar-refractivity contribution in [1.29, 1.82) is 0 Å². The molecular formula is C22H35ClN2O4. The first-order valence-electron chi connectivity index (χ1n) is 9.94. The predicted molar refractivity (Wildman–Crippen MR) is 119 cm³/mol. The summed E-state index contributed by atoms with van der Waals surface area (Å²) in [4.78, 5) is 17.1. The number of halogens is 1. The highest BCUT2D eigenvalue weighted by Gasteiger charge is 2.26. The van der Waals surface area contributed by atoms with Crippen molar-refractivity contribution in [3.8, 4) is 17.2 Å². The van der Waals surface area contributed by atoms with E-state index in [1.807, 2.05) is 19.0 Å². The molecule has 1 amide bonds. The molecule has 2 rings (SSSR count). The second-order valence-electron chi connectivity index (χ2n) is 7.86. The van der Waals surface area contributed by atoms with Gasteiger partial charge in [-0.05, 0) is 69.5 Å². The predicted octanol–water partition coefficient (Wildman–Crippen LogP) is 3.81. The quantitative estimate of drug-likeness (QED) is 0.640. The standard InChI is InChI=1S/C22H34N2O4.ClH/c1-16-6-9-18(10-7-16)24(13-12-23(2)3)21(25)11-8-17-14-19(27-4)22(26)20(15-17)28-5;/h8,11,14-16,18,26H,6-7,9-10,12-13H2,1-5H3;1H. The lowest BCUT2D eigenvalue weighted by Crippen LogP contribution is -2.44. The number of rotatable bonds is 8. The first kappa shape index (κ1) is 25.1. The maximum atomic E-state index is 13.0. The number of hydrogen-bond acceptors (Lipinski definition) is 5. The van der Waals surface area contributed by atoms with Gasteiger partial charge in [-0.3, -0.25) is 4.79 Å². The Hall–Kier alpha value is -1.92. The average molecular weight is 427 g/mol. The lowest BCUT2D eigenvalue weighted by atomic mass is 9.86. The summed E-state index contributed by atoms with van der Waals surface area (Å²) in [6, 6.07) is 3.68. The van der Waals surface area contributed by atoms with Gasteiger partial charge in [-0.1, -0.05) is 6.92 Å². The third-order valence-corrected chi connectivity index (χ3v) is 5.42. The highest BCUT2D eigenvalue weighted by Crippen LogP contribution is 2.37. The zero-order valence-electron chi connectivity index (χ0n) is 18.2. The molecule has 0 bridgehead atoms. The van der Waals surface area contributed by atoms with E-state index in [0.29, 0.717) is 17.5 Å². The number of hydrogen-bond donors (Lipinski definition) is 1. The smallest absolute Gasteiger partial charge is 0.246 e. The maximum Gasteiger partial charge on any atom is 0.246 e. The molecule has 0 heterocycles. The van der Waals surface area contributed by atoms with Gasteiger partial charge in [0.25, 0.3) is 0 Å². The highest BCUT2D eigenvalue weighted by atomic mass is 35.5. The van der Waals surface area contributed by atoms with Crippen LogP contribution in [0.5, 0.6) is 17.2 Å². The van der Waals surface area contributed by atoms with Crippen LogP contribution in [-0.2, 0) is 4.79 Å². The fourth-order valence-corrected chi connectivity index (χ4v) is 3.61. The number of nitrogens with zero attached hydrogens (tertiary/aromatic N) is 2. The van der Waals surface area contributed by atoms with Gasteiger partial charge < -0.3 is 24.4 Å². The van der Waals surface area contributed by atoms with Crippen molar-refractivity contribution in [2.24, 2.45) is 5.92 Å². The molecule has 0 aromatic heterocycles. The van der Waals surface area contributed by atoms with Crippen LogP contribution in [0.15, 0.2) is 18.2 Å². The molecule has 1 saturated carbocycles. The van der Waals surface area contributed by atoms with Crippen LogP contribution in [0.1, 0.15) is 38.2 Å². The third-order valence-electron chi connectivity index (χ3n) is 5.42. The van der Waals surface area contributed by atoms with E-state index < -0.39 is 0 Å². The molecule has 29 heavy (non-hydrogen) atoms. The van der Waals surface area contributed by atoms with Gasteiger partial charge in [0.05, 0.1) is 14.2 Å². The minimum absolute atomic E-state index is 0. The van der Waals surface area contributed by atoms with E-state index in [9.17, 15) is 9.90 Å². The van der Waals surface area contributed by atoms with E-state index >= 15 is 0 Å². The monoisotopic (exact) mass is 426 g/mol. The second kappa shape index (κ2) is 11.9. The summed E-state index contributed by atoms with van der Waals surface area (Å²) in [5.74, 6) is 1.36. The molecule has 6 nitrogen and oxygen atoms in total. The molecule has 1 aromatic rings. The minimum Gasteiger partial charge on any atom is -0.502 e. The average Bonchev–Trinajstić information content (AvgIpc) is 2.68. The van der Waals surface area contributed by atoms with Crippen molar-refractivity contribution < 1.29 is 19.4 Å². The van der Waals surface area contributed by atoms with E-state index in [4.69, 9.17) is 9.47 Å². The van der Waals surface area contributed by atoms with Crippen LogP contribution in [0.4, 0.5) is 0 Å². The van der Waals surface area contributed by atoms with Gasteiger partial charge in [-0.15, -0.1) is 12.4 Å². The third kappa shape index (κ3) is 7.12. The zero-order chi connectivity index (χ0) is 20.7. The lowest BCUT2D eigenvalue weighted by Gasteiger charge is -2.36. The van der Waals surface area contributed by atoms with Gasteiger partial charge >= 0.3 is 0 Å². The summed E-state index contributed by atoms with van der Waals surface area (Å²) in [7, 11) is 7.02. The summed E-state index contributed by atoms with van der Waals surface area (Å²) in [5.41, 5.74) is 0.740. The van der Waals surface area contributed by atoms with Crippen LogP contribution in [0, 0.1) is 5.92 Å². The van der Waals surface area contributed by atoms with Crippen LogP contribution in [0.25, 0.3) is 6.08 Å². The molecular weight excluding hydrogens is 392 g/mol. The Kier molecular flexibility index (Phi) is 10.3. The number of benzene rings is 1. The van der Waals surface area contributed by atoms with Crippen LogP contribution in [0.3, 0.4) is 0 Å². The van der Waals surface area contributed by atoms with Gasteiger partial charge in [0, 0.05) is 25.2 Å². The lowest BCUT2D eigenvalue weighted by molar-refractivity contribution is -0.129.